The first-order valence-corrected chi connectivity index (χ1v) is 10.6. The first kappa shape index (κ1) is 24.5. The molecule has 178 valence electrons. The largest absolute Gasteiger partial charge is 0.476 e. The van der Waals surface area contributed by atoms with E-state index in [0.29, 0.717) is 17.9 Å². The lowest BCUT2D eigenvalue weighted by atomic mass is 9.89. The highest BCUT2D eigenvalue weighted by Gasteiger charge is 2.56. The summed E-state index contributed by atoms with van der Waals surface area (Å²) in [6.45, 7) is 4.83. The lowest BCUT2D eigenvalue weighted by Gasteiger charge is -2.35. The molecule has 3 rings (SSSR count). The standard InChI is InChI=1S/C24H28O9/c1-17(14-18(2)25)15-23(3,29-19-10-6-4-7-11-19)21(26)31-32-22(27)24(16-28-33-24)30-20-12-8-5-9-13-20/h4-13,17-18,25H,14-16H2,1-3H3. The normalized spacial score (nSPS) is 21.0. The Labute approximate surface area is 192 Å². The highest BCUT2D eigenvalue weighted by molar-refractivity contribution is 5.82. The molecule has 9 nitrogen and oxygen atoms in total. The van der Waals surface area contributed by atoms with E-state index in [-0.39, 0.29) is 18.9 Å². The number of benzene rings is 2. The molecule has 0 radical (unpaired) electrons. The van der Waals surface area contributed by atoms with Crippen molar-refractivity contribution in [3.63, 3.8) is 0 Å². The van der Waals surface area contributed by atoms with Crippen molar-refractivity contribution in [2.45, 2.75) is 51.1 Å². The Kier molecular flexibility index (Phi) is 7.91. The van der Waals surface area contributed by atoms with Gasteiger partial charge in [-0.05, 0) is 50.5 Å². The summed E-state index contributed by atoms with van der Waals surface area (Å²) in [7, 11) is 0. The number of para-hydroxylation sites is 2. The van der Waals surface area contributed by atoms with Gasteiger partial charge in [0.1, 0.15) is 11.5 Å². The second-order valence-electron chi connectivity index (χ2n) is 8.30. The zero-order chi connectivity index (χ0) is 23.9. The molecule has 0 spiro atoms. The van der Waals surface area contributed by atoms with Crippen molar-refractivity contribution in [3.8, 4) is 11.5 Å². The minimum atomic E-state index is -1.89. The summed E-state index contributed by atoms with van der Waals surface area (Å²) in [5, 5.41) is 9.70. The molecule has 9 heteroatoms. The number of carbonyl (C=O) groups is 2. The van der Waals surface area contributed by atoms with E-state index < -0.39 is 29.4 Å². The van der Waals surface area contributed by atoms with Crippen LogP contribution in [0.1, 0.15) is 33.6 Å². The molecule has 2 aromatic carbocycles. The van der Waals surface area contributed by atoms with Gasteiger partial charge in [0, 0.05) is 6.42 Å². The third kappa shape index (κ3) is 6.44. The van der Waals surface area contributed by atoms with Crippen LogP contribution in [0.2, 0.25) is 0 Å². The number of hydrogen-bond acceptors (Lipinski definition) is 9. The second-order valence-corrected chi connectivity index (χ2v) is 8.30. The smallest absolute Gasteiger partial charge is 0.432 e. The van der Waals surface area contributed by atoms with E-state index >= 15 is 0 Å². The Bertz CT molecular complexity index is 912. The molecule has 0 amide bonds. The third-order valence-corrected chi connectivity index (χ3v) is 4.97. The Morgan fingerprint density at radius 2 is 1.61 bits per heavy atom. The average Bonchev–Trinajstić information content (AvgIpc) is 2.75. The fourth-order valence-corrected chi connectivity index (χ4v) is 3.50. The number of aliphatic hydroxyl groups is 1. The Morgan fingerprint density at radius 3 is 2.12 bits per heavy atom. The SMILES string of the molecule is CC(O)CC(C)CC(C)(Oc1ccccc1)C(=O)OOC(=O)C1(Oc2ccccc2)COO1. The number of rotatable bonds is 10. The predicted octanol–water partition coefficient (Wildman–Crippen LogP) is 3.36. The lowest BCUT2D eigenvalue weighted by Crippen LogP contribution is -2.59. The van der Waals surface area contributed by atoms with Crippen LogP contribution in [0.15, 0.2) is 60.7 Å². The van der Waals surface area contributed by atoms with Crippen LogP contribution >= 0.6 is 0 Å². The fourth-order valence-electron chi connectivity index (χ4n) is 3.50. The van der Waals surface area contributed by atoms with E-state index in [1.54, 1.807) is 61.5 Å². The van der Waals surface area contributed by atoms with E-state index in [0.717, 1.165) is 0 Å². The predicted molar refractivity (Wildman–Crippen MR) is 115 cm³/mol. The molecule has 4 atom stereocenters. The van der Waals surface area contributed by atoms with Gasteiger partial charge < -0.3 is 14.6 Å². The van der Waals surface area contributed by atoms with Gasteiger partial charge in [-0.2, -0.15) is 4.89 Å². The van der Waals surface area contributed by atoms with Crippen LogP contribution in [0.25, 0.3) is 0 Å². The molecule has 2 aromatic rings. The molecule has 1 aliphatic heterocycles. The maximum atomic E-state index is 13.0. The molecule has 1 aliphatic rings. The van der Waals surface area contributed by atoms with Gasteiger partial charge in [-0.3, -0.25) is 0 Å². The van der Waals surface area contributed by atoms with Gasteiger partial charge in [-0.25, -0.2) is 24.3 Å². The van der Waals surface area contributed by atoms with Gasteiger partial charge in [-0.1, -0.05) is 43.3 Å². The van der Waals surface area contributed by atoms with Crippen molar-refractivity contribution >= 4 is 11.9 Å². The van der Waals surface area contributed by atoms with E-state index in [9.17, 15) is 14.7 Å². The maximum Gasteiger partial charge on any atom is 0.432 e. The van der Waals surface area contributed by atoms with Crippen molar-refractivity contribution in [2.75, 3.05) is 6.61 Å². The summed E-state index contributed by atoms with van der Waals surface area (Å²) >= 11 is 0. The van der Waals surface area contributed by atoms with E-state index in [1.165, 1.54) is 6.92 Å². The van der Waals surface area contributed by atoms with Crippen LogP contribution < -0.4 is 9.47 Å². The quantitative estimate of drug-likeness (QED) is 0.421. The first-order chi connectivity index (χ1) is 15.7. The fraction of sp³-hybridized carbons (Fsp3) is 0.417. The summed E-state index contributed by atoms with van der Waals surface area (Å²) in [6.07, 6.45) is 0.0923. The van der Waals surface area contributed by atoms with Crippen LogP contribution in [0.3, 0.4) is 0 Å². The minimum absolute atomic E-state index is 0.0990. The van der Waals surface area contributed by atoms with Gasteiger partial charge in [0.2, 0.25) is 5.60 Å². The molecule has 1 fully saturated rings. The van der Waals surface area contributed by atoms with Gasteiger partial charge in [0.25, 0.3) is 0 Å². The summed E-state index contributed by atoms with van der Waals surface area (Å²) in [6, 6.07) is 17.2. The number of aliphatic hydroxyl groups excluding tert-OH is 1. The van der Waals surface area contributed by atoms with E-state index in [1.807, 2.05) is 13.0 Å². The highest BCUT2D eigenvalue weighted by atomic mass is 17.3. The van der Waals surface area contributed by atoms with Crippen LogP contribution in [0.4, 0.5) is 0 Å². The van der Waals surface area contributed by atoms with Gasteiger partial charge in [-0.15, -0.1) is 0 Å². The van der Waals surface area contributed by atoms with E-state index in [2.05, 4.69) is 4.89 Å². The maximum absolute atomic E-state index is 13.0. The van der Waals surface area contributed by atoms with Crippen molar-refractivity contribution in [3.05, 3.63) is 60.7 Å². The second kappa shape index (κ2) is 10.7. The first-order valence-electron chi connectivity index (χ1n) is 10.6. The molecule has 1 heterocycles. The molecule has 33 heavy (non-hydrogen) atoms. The van der Waals surface area contributed by atoms with Gasteiger partial charge >= 0.3 is 17.7 Å². The van der Waals surface area contributed by atoms with Gasteiger partial charge in [0.15, 0.2) is 6.61 Å². The number of carbonyl (C=O) groups excluding carboxylic acids is 2. The molecule has 0 aliphatic carbocycles. The average molecular weight is 460 g/mol. The summed E-state index contributed by atoms with van der Waals surface area (Å²) < 4.78 is 11.5. The zero-order valence-electron chi connectivity index (χ0n) is 18.8. The van der Waals surface area contributed by atoms with Crippen molar-refractivity contribution in [1.29, 1.82) is 0 Å². The summed E-state index contributed by atoms with van der Waals surface area (Å²) in [5.41, 5.74) is -1.50. The number of ether oxygens (including phenoxy) is 2. The van der Waals surface area contributed by atoms with Crippen LogP contribution in [0, 0.1) is 5.92 Å². The molecule has 0 aromatic heterocycles. The third-order valence-electron chi connectivity index (χ3n) is 4.97. The molecule has 4 unspecified atom stereocenters. The minimum Gasteiger partial charge on any atom is -0.476 e. The Hall–Kier alpha value is -3.14. The molecule has 0 saturated carbocycles. The molecule has 0 bridgehead atoms. The summed E-state index contributed by atoms with van der Waals surface area (Å²) in [5.74, 6) is -3.23. The van der Waals surface area contributed by atoms with Crippen molar-refractivity contribution in [2.24, 2.45) is 5.92 Å². The van der Waals surface area contributed by atoms with Crippen molar-refractivity contribution in [1.82, 2.24) is 0 Å². The Balaban J connectivity index is 1.68. The molecular weight excluding hydrogens is 432 g/mol. The topological polar surface area (TPSA) is 110 Å². The Morgan fingerprint density at radius 1 is 1.03 bits per heavy atom. The monoisotopic (exact) mass is 460 g/mol. The molecule has 1 N–H and O–H groups in total. The van der Waals surface area contributed by atoms with Crippen LogP contribution in [0.5, 0.6) is 11.5 Å². The highest BCUT2D eigenvalue weighted by Crippen LogP contribution is 2.31. The van der Waals surface area contributed by atoms with Crippen LogP contribution in [-0.4, -0.2) is 41.1 Å². The summed E-state index contributed by atoms with van der Waals surface area (Å²) in [4.78, 5) is 44.8. The number of hydrogen-bond donors (Lipinski definition) is 1. The van der Waals surface area contributed by atoms with Crippen molar-refractivity contribution < 1.29 is 43.7 Å². The zero-order valence-corrected chi connectivity index (χ0v) is 18.8. The molecule has 1 saturated heterocycles. The van der Waals surface area contributed by atoms with Crippen LogP contribution in [-0.2, 0) is 29.1 Å². The lowest BCUT2D eigenvalue weighted by molar-refractivity contribution is -0.509. The van der Waals surface area contributed by atoms with Gasteiger partial charge in [0.05, 0.1) is 6.10 Å². The molecular formula is C24H28O9. The van der Waals surface area contributed by atoms with E-state index in [4.69, 9.17) is 24.1 Å².